The lowest BCUT2D eigenvalue weighted by Gasteiger charge is -2.17. The number of ether oxygens (including phenoxy) is 1. The molecule has 1 amide bonds. The fourth-order valence-corrected chi connectivity index (χ4v) is 1.92. The van der Waals surface area contributed by atoms with Crippen molar-refractivity contribution in [1.29, 1.82) is 0 Å². The van der Waals surface area contributed by atoms with Gasteiger partial charge < -0.3 is 4.74 Å². The largest absolute Gasteiger partial charge is 0.492 e. The van der Waals surface area contributed by atoms with E-state index in [1.165, 1.54) is 12.0 Å². The van der Waals surface area contributed by atoms with E-state index < -0.39 is 0 Å². The molecule has 0 aromatic heterocycles. The van der Waals surface area contributed by atoms with Gasteiger partial charge in [-0.05, 0) is 36.8 Å². The lowest BCUT2D eigenvalue weighted by Crippen LogP contribution is -2.27. The second-order valence-corrected chi connectivity index (χ2v) is 4.93. The molecule has 0 aliphatic carbocycles. The summed E-state index contributed by atoms with van der Waals surface area (Å²) in [6, 6.07) is 16.5. The minimum absolute atomic E-state index is 0.0120. The summed E-state index contributed by atoms with van der Waals surface area (Å²) in [6.45, 7) is 2.45. The van der Waals surface area contributed by atoms with Gasteiger partial charge in [0, 0.05) is 5.56 Å². The second-order valence-electron chi connectivity index (χ2n) is 4.93. The predicted molar refractivity (Wildman–Crippen MR) is 85.9 cm³/mol. The maximum absolute atomic E-state index is 11.2. The Morgan fingerprint density at radius 3 is 2.39 bits per heavy atom. The van der Waals surface area contributed by atoms with Crippen molar-refractivity contribution in [2.24, 2.45) is 0 Å². The van der Waals surface area contributed by atoms with Crippen LogP contribution in [0, 0.1) is 0 Å². The first-order chi connectivity index (χ1) is 11.2. The molecule has 0 heterocycles. The summed E-state index contributed by atoms with van der Waals surface area (Å²) in [5, 5.41) is 1.21. The Balaban J connectivity index is 1.74. The molecule has 5 heteroatoms. The number of amides is 1. The molecule has 0 atom stereocenters. The van der Waals surface area contributed by atoms with Crippen molar-refractivity contribution in [3.05, 3.63) is 65.7 Å². The van der Waals surface area contributed by atoms with Crippen molar-refractivity contribution in [3.8, 4) is 5.75 Å². The molecule has 120 valence electrons. The van der Waals surface area contributed by atoms with Gasteiger partial charge in [0.15, 0.2) is 5.78 Å². The van der Waals surface area contributed by atoms with E-state index in [0.717, 1.165) is 5.56 Å². The van der Waals surface area contributed by atoms with Gasteiger partial charge in [0.05, 0.1) is 6.54 Å². The molecule has 23 heavy (non-hydrogen) atoms. The third-order valence-corrected chi connectivity index (χ3v) is 3.20. The van der Waals surface area contributed by atoms with Crippen LogP contribution in [-0.2, 0) is 16.2 Å². The zero-order valence-corrected chi connectivity index (χ0v) is 13.0. The lowest BCUT2D eigenvalue weighted by molar-refractivity contribution is -0.179. The summed E-state index contributed by atoms with van der Waals surface area (Å²) in [4.78, 5) is 27.6. The van der Waals surface area contributed by atoms with E-state index in [0.29, 0.717) is 37.5 Å². The highest BCUT2D eigenvalue weighted by Gasteiger charge is 2.04. The number of benzene rings is 2. The molecule has 2 aromatic rings. The van der Waals surface area contributed by atoms with Crippen molar-refractivity contribution in [2.75, 3.05) is 13.2 Å². The molecule has 0 saturated heterocycles. The molecule has 0 aliphatic heterocycles. The first-order valence-electron chi connectivity index (χ1n) is 7.31. The van der Waals surface area contributed by atoms with Crippen LogP contribution in [0.25, 0.3) is 0 Å². The summed E-state index contributed by atoms with van der Waals surface area (Å²) in [5.41, 5.74) is 1.62. The Morgan fingerprint density at radius 2 is 1.78 bits per heavy atom. The minimum Gasteiger partial charge on any atom is -0.492 e. The van der Waals surface area contributed by atoms with Gasteiger partial charge in [-0.2, -0.15) is 0 Å². The first kappa shape index (κ1) is 16.7. The van der Waals surface area contributed by atoms with Crippen molar-refractivity contribution in [2.45, 2.75) is 13.5 Å². The van der Waals surface area contributed by atoms with E-state index in [9.17, 15) is 9.59 Å². The summed E-state index contributed by atoms with van der Waals surface area (Å²) in [6.07, 6.45) is 0.630. The van der Waals surface area contributed by atoms with Gasteiger partial charge >= 0.3 is 0 Å². The molecular weight excluding hydrogens is 294 g/mol. The average molecular weight is 313 g/mol. The smallest absolute Gasteiger partial charge is 0.233 e. The van der Waals surface area contributed by atoms with Crippen LogP contribution >= 0.6 is 0 Å². The zero-order valence-electron chi connectivity index (χ0n) is 13.0. The van der Waals surface area contributed by atoms with Crippen molar-refractivity contribution >= 4 is 12.2 Å². The molecule has 0 unspecified atom stereocenters. The topological polar surface area (TPSA) is 55.8 Å². The second kappa shape index (κ2) is 8.70. The fraction of sp³-hybridized carbons (Fsp3) is 0.222. The summed E-state index contributed by atoms with van der Waals surface area (Å²) < 4.78 is 5.53. The maximum atomic E-state index is 11.2. The normalized spacial score (nSPS) is 10.1. The Kier molecular flexibility index (Phi) is 6.32. The van der Waals surface area contributed by atoms with Gasteiger partial charge in [-0.15, -0.1) is 0 Å². The third kappa shape index (κ3) is 5.56. The Bertz CT molecular complexity index is 625. The fourth-order valence-electron chi connectivity index (χ4n) is 1.92. The SMILES string of the molecule is CC(=O)c1ccc(OCCN(C=O)OCc2ccccc2)cc1. The summed E-state index contributed by atoms with van der Waals surface area (Å²) in [7, 11) is 0. The Labute approximate surface area is 135 Å². The highest BCUT2D eigenvalue weighted by molar-refractivity contribution is 5.94. The zero-order chi connectivity index (χ0) is 16.5. The molecule has 0 bridgehead atoms. The van der Waals surface area contributed by atoms with Gasteiger partial charge in [-0.25, -0.2) is 5.06 Å². The molecule has 2 rings (SSSR count). The number of nitrogens with zero attached hydrogens (tertiary/aromatic N) is 1. The van der Waals surface area contributed by atoms with E-state index in [1.54, 1.807) is 24.3 Å². The maximum Gasteiger partial charge on any atom is 0.233 e. The summed E-state index contributed by atoms with van der Waals surface area (Å²) in [5.74, 6) is 0.655. The van der Waals surface area contributed by atoms with Crippen LogP contribution in [0.5, 0.6) is 5.75 Å². The van der Waals surface area contributed by atoms with Gasteiger partial charge in [0.25, 0.3) is 0 Å². The first-order valence-corrected chi connectivity index (χ1v) is 7.31. The number of hydrogen-bond acceptors (Lipinski definition) is 4. The average Bonchev–Trinajstić information content (AvgIpc) is 2.59. The third-order valence-electron chi connectivity index (χ3n) is 3.20. The summed E-state index contributed by atoms with van der Waals surface area (Å²) >= 11 is 0. The molecule has 0 N–H and O–H groups in total. The van der Waals surface area contributed by atoms with Crippen LogP contribution in [0.1, 0.15) is 22.8 Å². The molecule has 5 nitrogen and oxygen atoms in total. The monoisotopic (exact) mass is 313 g/mol. The van der Waals surface area contributed by atoms with Crippen LogP contribution in [0.2, 0.25) is 0 Å². The molecule has 0 radical (unpaired) electrons. The molecule has 0 saturated carbocycles. The standard InChI is InChI=1S/C18H19NO4/c1-15(21)17-7-9-18(10-8-17)22-12-11-19(14-20)23-13-16-5-3-2-4-6-16/h2-10,14H,11-13H2,1H3. The van der Waals surface area contributed by atoms with Crippen LogP contribution in [0.4, 0.5) is 0 Å². The number of hydrogen-bond donors (Lipinski definition) is 0. The van der Waals surface area contributed by atoms with E-state index >= 15 is 0 Å². The predicted octanol–water partition coefficient (Wildman–Crippen LogP) is 2.86. The van der Waals surface area contributed by atoms with Crippen molar-refractivity contribution < 1.29 is 19.2 Å². The molecule has 2 aromatic carbocycles. The van der Waals surface area contributed by atoms with Gasteiger partial charge in [-0.3, -0.25) is 14.4 Å². The van der Waals surface area contributed by atoms with Crippen LogP contribution in [0.3, 0.4) is 0 Å². The number of carbonyl (C=O) groups is 2. The highest BCUT2D eigenvalue weighted by atomic mass is 16.7. The van der Waals surface area contributed by atoms with Crippen LogP contribution in [-0.4, -0.2) is 30.4 Å². The van der Waals surface area contributed by atoms with E-state index in [-0.39, 0.29) is 5.78 Å². The van der Waals surface area contributed by atoms with E-state index in [1.807, 2.05) is 30.3 Å². The van der Waals surface area contributed by atoms with Crippen molar-refractivity contribution in [3.63, 3.8) is 0 Å². The highest BCUT2D eigenvalue weighted by Crippen LogP contribution is 2.12. The number of hydroxylamine groups is 2. The van der Waals surface area contributed by atoms with Gasteiger partial charge in [-0.1, -0.05) is 30.3 Å². The molecule has 0 fully saturated rings. The Morgan fingerprint density at radius 1 is 1.09 bits per heavy atom. The van der Waals surface area contributed by atoms with E-state index in [4.69, 9.17) is 9.57 Å². The number of Topliss-reactive ketones (excluding diaryl/α,β-unsaturated/α-hetero) is 1. The molecule has 0 aliphatic rings. The quantitative estimate of drug-likeness (QED) is 0.406. The van der Waals surface area contributed by atoms with Crippen LogP contribution < -0.4 is 4.74 Å². The van der Waals surface area contributed by atoms with Gasteiger partial charge in [0.2, 0.25) is 6.41 Å². The minimum atomic E-state index is 0.0120. The number of ketones is 1. The van der Waals surface area contributed by atoms with Crippen molar-refractivity contribution in [1.82, 2.24) is 5.06 Å². The lowest BCUT2D eigenvalue weighted by atomic mass is 10.1. The van der Waals surface area contributed by atoms with E-state index in [2.05, 4.69) is 0 Å². The van der Waals surface area contributed by atoms with Gasteiger partial charge in [0.1, 0.15) is 19.0 Å². The Hall–Kier alpha value is -2.66. The molecule has 0 spiro atoms. The number of rotatable bonds is 9. The van der Waals surface area contributed by atoms with Crippen LogP contribution in [0.15, 0.2) is 54.6 Å². The number of carbonyl (C=O) groups excluding carboxylic acids is 2. The molecular formula is C18H19NO4.